The summed E-state index contributed by atoms with van der Waals surface area (Å²) in [5.74, 6) is -0.433. The first-order chi connectivity index (χ1) is 8.80. The second-order valence-corrected chi connectivity index (χ2v) is 4.45. The van der Waals surface area contributed by atoms with Crippen LogP contribution in [0.4, 0.5) is 13.2 Å². The van der Waals surface area contributed by atoms with E-state index in [1.807, 2.05) is 0 Å². The molecule has 0 aliphatic rings. The second-order valence-electron chi connectivity index (χ2n) is 4.45. The normalized spacial score (nSPS) is 13.1. The van der Waals surface area contributed by atoms with Gasteiger partial charge in [0.25, 0.3) is 0 Å². The average molecular weight is 274 g/mol. The molecule has 3 N–H and O–H groups in total. The van der Waals surface area contributed by atoms with Crippen LogP contribution >= 0.6 is 0 Å². The summed E-state index contributed by atoms with van der Waals surface area (Å²) < 4.78 is 38.1. The Balaban J connectivity index is 2.64. The minimum atomic E-state index is -4.44. The van der Waals surface area contributed by atoms with E-state index >= 15 is 0 Å². The summed E-state index contributed by atoms with van der Waals surface area (Å²) in [4.78, 5) is 11.6. The van der Waals surface area contributed by atoms with E-state index < -0.39 is 17.6 Å². The van der Waals surface area contributed by atoms with E-state index in [-0.39, 0.29) is 18.0 Å². The smallest absolute Gasteiger partial charge is 0.356 e. The summed E-state index contributed by atoms with van der Waals surface area (Å²) in [5.41, 5.74) is 4.73. The molecule has 19 heavy (non-hydrogen) atoms. The fourth-order valence-electron chi connectivity index (χ4n) is 1.63. The molecular formula is C13H17F3N2O. The molecule has 0 fully saturated rings. The van der Waals surface area contributed by atoms with Crippen molar-refractivity contribution in [1.29, 1.82) is 0 Å². The number of hydrogen-bond acceptors (Lipinski definition) is 2. The van der Waals surface area contributed by atoms with E-state index in [9.17, 15) is 18.0 Å². The highest BCUT2D eigenvalue weighted by atomic mass is 19.4. The summed E-state index contributed by atoms with van der Waals surface area (Å²) in [6.07, 6.45) is -4.13. The zero-order chi connectivity index (χ0) is 14.5. The maximum Gasteiger partial charge on any atom is 0.416 e. The number of hydrogen-bond donors (Lipinski definition) is 2. The Hall–Kier alpha value is -1.56. The van der Waals surface area contributed by atoms with Gasteiger partial charge in [0.05, 0.1) is 12.0 Å². The van der Waals surface area contributed by atoms with Gasteiger partial charge in [-0.25, -0.2) is 0 Å². The van der Waals surface area contributed by atoms with Gasteiger partial charge < -0.3 is 11.1 Å². The highest BCUT2D eigenvalue weighted by molar-refractivity contribution is 5.78. The molecule has 0 heterocycles. The van der Waals surface area contributed by atoms with Gasteiger partial charge in [-0.3, -0.25) is 4.79 Å². The van der Waals surface area contributed by atoms with Gasteiger partial charge in [0.15, 0.2) is 0 Å². The Labute approximate surface area is 110 Å². The quantitative estimate of drug-likeness (QED) is 0.864. The molecule has 0 radical (unpaired) electrons. The van der Waals surface area contributed by atoms with Crippen LogP contribution in [-0.4, -0.2) is 18.5 Å². The molecule has 1 unspecified atom stereocenters. The zero-order valence-electron chi connectivity index (χ0n) is 10.6. The van der Waals surface area contributed by atoms with Crippen LogP contribution in [0.25, 0.3) is 0 Å². The molecule has 0 aliphatic carbocycles. The van der Waals surface area contributed by atoms with Gasteiger partial charge in [-0.2, -0.15) is 13.2 Å². The number of amides is 1. The van der Waals surface area contributed by atoms with Crippen molar-refractivity contribution in [2.75, 3.05) is 6.54 Å². The number of carbonyl (C=O) groups excluding carboxylic acids is 1. The summed E-state index contributed by atoms with van der Waals surface area (Å²) in [7, 11) is 0. The molecule has 6 heteroatoms. The third kappa shape index (κ3) is 5.30. The number of halogens is 3. The first kappa shape index (κ1) is 15.5. The summed E-state index contributed by atoms with van der Waals surface area (Å²) >= 11 is 0. The van der Waals surface area contributed by atoms with Crippen LogP contribution in [0.15, 0.2) is 24.3 Å². The van der Waals surface area contributed by atoms with Crippen molar-refractivity contribution < 1.29 is 18.0 Å². The predicted octanol–water partition coefficient (Wildman–Crippen LogP) is 2.10. The number of carbonyl (C=O) groups is 1. The fourth-order valence-corrected chi connectivity index (χ4v) is 1.63. The van der Waals surface area contributed by atoms with Crippen LogP contribution in [0.3, 0.4) is 0 Å². The highest BCUT2D eigenvalue weighted by Crippen LogP contribution is 2.31. The number of rotatable bonds is 5. The number of nitrogens with one attached hydrogen (secondary N) is 1. The van der Waals surface area contributed by atoms with Gasteiger partial charge in [0, 0.05) is 12.6 Å². The van der Waals surface area contributed by atoms with Gasteiger partial charge in [-0.05, 0) is 25.0 Å². The van der Waals surface area contributed by atoms with Crippen LogP contribution in [-0.2, 0) is 17.4 Å². The van der Waals surface area contributed by atoms with Gasteiger partial charge in [-0.15, -0.1) is 0 Å². The zero-order valence-corrected chi connectivity index (χ0v) is 10.6. The minimum absolute atomic E-state index is 0.0201. The number of benzene rings is 1. The molecule has 3 nitrogen and oxygen atoms in total. The fraction of sp³-hybridized carbons (Fsp3) is 0.462. The number of alkyl halides is 3. The Morgan fingerprint density at radius 1 is 1.37 bits per heavy atom. The van der Waals surface area contributed by atoms with Crippen LogP contribution in [0.5, 0.6) is 0 Å². The average Bonchev–Trinajstić information content (AvgIpc) is 2.27. The molecule has 0 saturated heterocycles. The molecule has 0 aliphatic heterocycles. The van der Waals surface area contributed by atoms with Gasteiger partial charge >= 0.3 is 6.18 Å². The molecule has 106 valence electrons. The van der Waals surface area contributed by atoms with Crippen LogP contribution < -0.4 is 11.1 Å². The Morgan fingerprint density at radius 3 is 2.58 bits per heavy atom. The topological polar surface area (TPSA) is 55.1 Å². The van der Waals surface area contributed by atoms with E-state index in [1.165, 1.54) is 18.2 Å². The van der Waals surface area contributed by atoms with Crippen molar-refractivity contribution >= 4 is 5.91 Å². The first-order valence-corrected chi connectivity index (χ1v) is 5.98. The lowest BCUT2D eigenvalue weighted by Gasteiger charge is -2.12. The van der Waals surface area contributed by atoms with E-state index in [0.29, 0.717) is 13.0 Å². The molecule has 1 aromatic carbocycles. The SMILES string of the molecule is CC(N)CCNC(=O)Cc1ccccc1C(F)(F)F. The monoisotopic (exact) mass is 274 g/mol. The van der Waals surface area contributed by atoms with Crippen LogP contribution in [0.1, 0.15) is 24.5 Å². The van der Waals surface area contributed by atoms with Crippen molar-refractivity contribution in [1.82, 2.24) is 5.32 Å². The minimum Gasteiger partial charge on any atom is -0.356 e. The molecule has 1 aromatic rings. The second kappa shape index (κ2) is 6.56. The molecule has 1 atom stereocenters. The molecule has 1 rings (SSSR count). The molecule has 0 aromatic heterocycles. The standard InChI is InChI=1S/C13H17F3N2O/c1-9(17)6-7-18-12(19)8-10-4-2-3-5-11(10)13(14,15)16/h2-5,9H,6-8,17H2,1H3,(H,18,19). The van der Waals surface area contributed by atoms with Crippen molar-refractivity contribution in [3.63, 3.8) is 0 Å². The lowest BCUT2D eigenvalue weighted by molar-refractivity contribution is -0.138. The molecular weight excluding hydrogens is 257 g/mol. The van der Waals surface area contributed by atoms with Gasteiger partial charge in [0.2, 0.25) is 5.91 Å². The van der Waals surface area contributed by atoms with Crippen LogP contribution in [0, 0.1) is 0 Å². The Morgan fingerprint density at radius 2 is 2.00 bits per heavy atom. The van der Waals surface area contributed by atoms with E-state index in [4.69, 9.17) is 5.73 Å². The maximum absolute atomic E-state index is 12.7. The maximum atomic E-state index is 12.7. The van der Waals surface area contributed by atoms with Gasteiger partial charge in [0.1, 0.15) is 0 Å². The van der Waals surface area contributed by atoms with Crippen molar-refractivity contribution in [2.45, 2.75) is 32.0 Å². The third-order valence-electron chi connectivity index (χ3n) is 2.60. The van der Waals surface area contributed by atoms with Crippen molar-refractivity contribution in [2.24, 2.45) is 5.73 Å². The Kier molecular flexibility index (Phi) is 5.35. The third-order valence-corrected chi connectivity index (χ3v) is 2.60. The largest absolute Gasteiger partial charge is 0.416 e. The molecule has 0 bridgehead atoms. The van der Waals surface area contributed by atoms with Gasteiger partial charge in [-0.1, -0.05) is 18.2 Å². The van der Waals surface area contributed by atoms with Crippen molar-refractivity contribution in [3.8, 4) is 0 Å². The molecule has 0 spiro atoms. The van der Waals surface area contributed by atoms with E-state index in [0.717, 1.165) is 6.07 Å². The van der Waals surface area contributed by atoms with Crippen molar-refractivity contribution in [3.05, 3.63) is 35.4 Å². The predicted molar refractivity (Wildman–Crippen MR) is 66.4 cm³/mol. The van der Waals surface area contributed by atoms with Crippen LogP contribution in [0.2, 0.25) is 0 Å². The lowest BCUT2D eigenvalue weighted by Crippen LogP contribution is -2.30. The number of nitrogens with two attached hydrogens (primary N) is 1. The summed E-state index contributed by atoms with van der Waals surface area (Å²) in [6, 6.07) is 5.03. The molecule has 0 saturated carbocycles. The lowest BCUT2D eigenvalue weighted by atomic mass is 10.0. The van der Waals surface area contributed by atoms with E-state index in [1.54, 1.807) is 6.92 Å². The summed E-state index contributed by atoms with van der Waals surface area (Å²) in [5, 5.41) is 2.55. The summed E-state index contributed by atoms with van der Waals surface area (Å²) in [6.45, 7) is 2.16. The molecule has 1 amide bonds. The Bertz CT molecular complexity index is 430. The first-order valence-electron chi connectivity index (χ1n) is 5.98. The van der Waals surface area contributed by atoms with E-state index in [2.05, 4.69) is 5.32 Å². The highest BCUT2D eigenvalue weighted by Gasteiger charge is 2.33.